The average Bonchev–Trinajstić information content (AvgIpc) is 2.26. The van der Waals surface area contributed by atoms with Gasteiger partial charge in [0, 0.05) is 5.70 Å². The molecule has 0 saturated heterocycles. The maximum Gasteiger partial charge on any atom is 0.0721 e. The van der Waals surface area contributed by atoms with Crippen LogP contribution in [0.1, 0.15) is 32.4 Å². The fourth-order valence-electron chi connectivity index (χ4n) is 1.52. The lowest BCUT2D eigenvalue weighted by molar-refractivity contribution is 0.679. The van der Waals surface area contributed by atoms with Gasteiger partial charge in [-0.05, 0) is 26.3 Å². The summed E-state index contributed by atoms with van der Waals surface area (Å²) in [5.74, 6) is 0. The molecule has 0 fully saturated rings. The molecule has 0 aromatic heterocycles. The summed E-state index contributed by atoms with van der Waals surface area (Å²) in [5, 5.41) is 3.38. The van der Waals surface area contributed by atoms with Crippen LogP contribution in [-0.2, 0) is 0 Å². The van der Waals surface area contributed by atoms with E-state index in [0.29, 0.717) is 0 Å². The van der Waals surface area contributed by atoms with Crippen molar-refractivity contribution >= 4 is 0 Å². The molecule has 0 spiro atoms. The van der Waals surface area contributed by atoms with E-state index >= 15 is 0 Å². The first kappa shape index (κ1) is 11.6. The quantitative estimate of drug-likeness (QED) is 0.730. The Morgan fingerprint density at radius 1 is 1.27 bits per heavy atom. The summed E-state index contributed by atoms with van der Waals surface area (Å²) in [4.78, 5) is 0. The Morgan fingerprint density at radius 2 is 1.87 bits per heavy atom. The zero-order chi connectivity index (χ0) is 11.3. The minimum absolute atomic E-state index is 0.244. The van der Waals surface area contributed by atoms with Crippen LogP contribution >= 0.6 is 0 Å². The molecule has 1 heteroatoms. The van der Waals surface area contributed by atoms with Crippen LogP contribution in [0.25, 0.3) is 0 Å². The number of nitrogens with one attached hydrogen (secondary N) is 1. The smallest absolute Gasteiger partial charge is 0.0721 e. The highest BCUT2D eigenvalue weighted by Crippen LogP contribution is 2.21. The Bertz CT molecular complexity index is 349. The van der Waals surface area contributed by atoms with E-state index in [1.54, 1.807) is 0 Å². The van der Waals surface area contributed by atoms with Gasteiger partial charge in [-0.3, -0.25) is 0 Å². The maximum atomic E-state index is 3.90. The van der Waals surface area contributed by atoms with Gasteiger partial charge < -0.3 is 5.32 Å². The van der Waals surface area contributed by atoms with Crippen LogP contribution in [0.3, 0.4) is 0 Å². The van der Waals surface area contributed by atoms with E-state index in [9.17, 15) is 0 Å². The fraction of sp³-hybridized carbons (Fsp3) is 0.286. The average molecular weight is 201 g/mol. The highest BCUT2D eigenvalue weighted by molar-refractivity contribution is 5.28. The second-order valence-electron chi connectivity index (χ2n) is 3.80. The number of hydrogen-bond donors (Lipinski definition) is 1. The number of hydrogen-bond acceptors (Lipinski definition) is 1. The molecule has 0 saturated carbocycles. The molecule has 1 N–H and O–H groups in total. The van der Waals surface area contributed by atoms with E-state index < -0.39 is 0 Å². The summed E-state index contributed by atoms with van der Waals surface area (Å²) in [5.41, 5.74) is 3.57. The van der Waals surface area contributed by atoms with Crippen molar-refractivity contribution in [3.8, 4) is 0 Å². The largest absolute Gasteiger partial charge is 0.378 e. The van der Waals surface area contributed by atoms with Crippen LogP contribution in [0.15, 0.2) is 54.3 Å². The highest BCUT2D eigenvalue weighted by Gasteiger charge is 2.11. The Hall–Kier alpha value is -1.50. The van der Waals surface area contributed by atoms with Gasteiger partial charge in [0.1, 0.15) is 0 Å². The van der Waals surface area contributed by atoms with Gasteiger partial charge >= 0.3 is 0 Å². The minimum Gasteiger partial charge on any atom is -0.378 e. The van der Waals surface area contributed by atoms with Crippen LogP contribution in [0.2, 0.25) is 0 Å². The molecule has 0 heterocycles. The molecule has 0 amide bonds. The van der Waals surface area contributed by atoms with Gasteiger partial charge in [0.15, 0.2) is 0 Å². The molecule has 1 unspecified atom stereocenters. The molecule has 1 aromatic rings. The number of rotatable bonds is 4. The molecule has 0 bridgehead atoms. The summed E-state index contributed by atoms with van der Waals surface area (Å²) in [7, 11) is 0. The first-order valence-electron chi connectivity index (χ1n) is 5.25. The molecule has 1 aromatic carbocycles. The third kappa shape index (κ3) is 3.28. The molecule has 15 heavy (non-hydrogen) atoms. The lowest BCUT2D eigenvalue weighted by Crippen LogP contribution is -2.19. The van der Waals surface area contributed by atoms with Gasteiger partial charge in [-0.1, -0.05) is 48.6 Å². The topological polar surface area (TPSA) is 12.0 Å². The second-order valence-corrected chi connectivity index (χ2v) is 3.80. The normalized spacial score (nSPS) is 13.4. The molecular formula is C14H19N. The maximum absolute atomic E-state index is 3.90. The van der Waals surface area contributed by atoms with Crippen LogP contribution in [0.4, 0.5) is 0 Å². The predicted octanol–water partition coefficient (Wildman–Crippen LogP) is 3.82. The minimum atomic E-state index is 0.244. The third-order valence-electron chi connectivity index (χ3n) is 2.43. The first-order chi connectivity index (χ1) is 7.15. The van der Waals surface area contributed by atoms with Gasteiger partial charge in [0.05, 0.1) is 6.04 Å². The summed E-state index contributed by atoms with van der Waals surface area (Å²) in [6.45, 7) is 10.1. The summed E-state index contributed by atoms with van der Waals surface area (Å²) < 4.78 is 0. The van der Waals surface area contributed by atoms with Crippen molar-refractivity contribution in [2.75, 3.05) is 0 Å². The van der Waals surface area contributed by atoms with Crippen molar-refractivity contribution in [1.29, 1.82) is 0 Å². The van der Waals surface area contributed by atoms with E-state index in [-0.39, 0.29) is 6.04 Å². The van der Waals surface area contributed by atoms with E-state index in [0.717, 1.165) is 5.70 Å². The predicted molar refractivity (Wildman–Crippen MR) is 66.6 cm³/mol. The van der Waals surface area contributed by atoms with Gasteiger partial charge in [-0.25, -0.2) is 0 Å². The molecule has 0 aliphatic heterocycles. The van der Waals surface area contributed by atoms with Crippen molar-refractivity contribution in [1.82, 2.24) is 5.32 Å². The van der Waals surface area contributed by atoms with Crippen molar-refractivity contribution in [3.63, 3.8) is 0 Å². The highest BCUT2D eigenvalue weighted by atomic mass is 14.9. The van der Waals surface area contributed by atoms with Crippen molar-refractivity contribution in [3.05, 3.63) is 59.8 Å². The Balaban J connectivity index is 2.96. The molecular weight excluding hydrogens is 182 g/mol. The monoisotopic (exact) mass is 201 g/mol. The van der Waals surface area contributed by atoms with Crippen LogP contribution in [0.5, 0.6) is 0 Å². The Morgan fingerprint density at radius 3 is 2.33 bits per heavy atom. The summed E-state index contributed by atoms with van der Waals surface area (Å²) in [6, 6.07) is 10.7. The molecule has 1 atom stereocenters. The van der Waals surface area contributed by atoms with Crippen LogP contribution in [0, 0.1) is 0 Å². The molecule has 0 aliphatic rings. The van der Waals surface area contributed by atoms with Gasteiger partial charge in [0.2, 0.25) is 0 Å². The van der Waals surface area contributed by atoms with Gasteiger partial charge in [0.25, 0.3) is 0 Å². The van der Waals surface area contributed by atoms with E-state index in [1.807, 2.05) is 13.0 Å². The number of allylic oxidation sites excluding steroid dienone is 2. The van der Waals surface area contributed by atoms with Crippen LogP contribution < -0.4 is 5.32 Å². The first-order valence-corrected chi connectivity index (χ1v) is 5.25. The fourth-order valence-corrected chi connectivity index (χ4v) is 1.52. The molecule has 0 radical (unpaired) electrons. The second kappa shape index (κ2) is 5.40. The summed E-state index contributed by atoms with van der Waals surface area (Å²) in [6.07, 6.45) is 2.13. The SMILES string of the molecule is C=C(C)NC(/C(C)=C/C)c1ccccc1. The van der Waals surface area contributed by atoms with Gasteiger partial charge in [-0.15, -0.1) is 0 Å². The molecule has 80 valence electrons. The lowest BCUT2D eigenvalue weighted by atomic mass is 9.99. The molecule has 1 nitrogen and oxygen atoms in total. The lowest BCUT2D eigenvalue weighted by Gasteiger charge is -2.21. The summed E-state index contributed by atoms with van der Waals surface area (Å²) >= 11 is 0. The van der Waals surface area contributed by atoms with E-state index in [2.05, 4.69) is 56.1 Å². The zero-order valence-corrected chi connectivity index (χ0v) is 9.75. The van der Waals surface area contributed by atoms with Crippen LogP contribution in [-0.4, -0.2) is 0 Å². The van der Waals surface area contributed by atoms with Crippen molar-refractivity contribution in [2.24, 2.45) is 0 Å². The zero-order valence-electron chi connectivity index (χ0n) is 9.75. The van der Waals surface area contributed by atoms with Crippen molar-refractivity contribution < 1.29 is 0 Å². The third-order valence-corrected chi connectivity index (χ3v) is 2.43. The molecule has 0 aliphatic carbocycles. The molecule has 1 rings (SSSR count). The van der Waals surface area contributed by atoms with E-state index in [1.165, 1.54) is 11.1 Å². The number of benzene rings is 1. The Labute approximate surface area is 92.5 Å². The van der Waals surface area contributed by atoms with Crippen molar-refractivity contribution in [2.45, 2.75) is 26.8 Å². The Kier molecular flexibility index (Phi) is 4.17. The van der Waals surface area contributed by atoms with Gasteiger partial charge in [-0.2, -0.15) is 0 Å². The van der Waals surface area contributed by atoms with E-state index in [4.69, 9.17) is 0 Å². The standard InChI is InChI=1S/C14H19N/c1-5-12(4)14(15-11(2)3)13-9-7-6-8-10-13/h5-10,14-15H,2H2,1,3-4H3/b12-5+.